The first-order valence-electron chi connectivity index (χ1n) is 6.51. The summed E-state index contributed by atoms with van der Waals surface area (Å²) in [6.07, 6.45) is -0.940. The number of morpholine rings is 1. The van der Waals surface area contributed by atoms with Gasteiger partial charge >= 0.3 is 5.97 Å². The molecule has 0 radical (unpaired) electrons. The van der Waals surface area contributed by atoms with E-state index in [-0.39, 0.29) is 25.0 Å². The first-order chi connectivity index (χ1) is 9.66. The molecule has 0 spiro atoms. The number of nitrogens with zero attached hydrogens (tertiary/aromatic N) is 1. The lowest BCUT2D eigenvalue weighted by Crippen LogP contribution is -2.50. The summed E-state index contributed by atoms with van der Waals surface area (Å²) in [7, 11) is 0. The summed E-state index contributed by atoms with van der Waals surface area (Å²) < 4.78 is 10.6. The smallest absolute Gasteiger partial charge is 0.334 e. The quantitative estimate of drug-likeness (QED) is 0.850. The van der Waals surface area contributed by atoms with Crippen molar-refractivity contribution in [2.75, 3.05) is 26.3 Å². The highest BCUT2D eigenvalue weighted by Gasteiger charge is 2.36. The van der Waals surface area contributed by atoms with Crippen molar-refractivity contribution in [2.24, 2.45) is 0 Å². The molecule has 0 aliphatic carbocycles. The summed E-state index contributed by atoms with van der Waals surface area (Å²) >= 11 is 0. The summed E-state index contributed by atoms with van der Waals surface area (Å²) in [5.74, 6) is -0.747. The van der Waals surface area contributed by atoms with Gasteiger partial charge in [0.2, 0.25) is 5.91 Å². The van der Waals surface area contributed by atoms with Crippen LogP contribution in [0.1, 0.15) is 11.5 Å². The van der Waals surface area contributed by atoms with Gasteiger partial charge in [-0.05, 0) is 6.07 Å². The number of para-hydroxylation sites is 1. The van der Waals surface area contributed by atoms with Crippen LogP contribution in [0.15, 0.2) is 24.3 Å². The molecule has 106 valence electrons. The van der Waals surface area contributed by atoms with Crippen LogP contribution in [0.3, 0.4) is 0 Å². The number of hydrogen-bond donors (Lipinski definition) is 1. The van der Waals surface area contributed by atoms with Crippen LogP contribution in [0.5, 0.6) is 5.75 Å². The van der Waals surface area contributed by atoms with Crippen LogP contribution in [-0.4, -0.2) is 54.3 Å². The van der Waals surface area contributed by atoms with Crippen LogP contribution in [0.25, 0.3) is 0 Å². The Morgan fingerprint density at radius 3 is 2.90 bits per heavy atom. The van der Waals surface area contributed by atoms with Gasteiger partial charge < -0.3 is 19.5 Å². The van der Waals surface area contributed by atoms with Gasteiger partial charge in [0.25, 0.3) is 0 Å². The Balaban J connectivity index is 1.75. The molecule has 20 heavy (non-hydrogen) atoms. The SMILES string of the molecule is O=C(O)[C@@H]1CN(C(=O)[C@H]2COc3ccccc32)CCO1. The second-order valence-corrected chi connectivity index (χ2v) is 4.88. The van der Waals surface area contributed by atoms with Gasteiger partial charge in [0.05, 0.1) is 13.2 Å². The predicted molar refractivity (Wildman–Crippen MR) is 68.6 cm³/mol. The third-order valence-corrected chi connectivity index (χ3v) is 3.65. The van der Waals surface area contributed by atoms with Crippen molar-refractivity contribution >= 4 is 11.9 Å². The van der Waals surface area contributed by atoms with Gasteiger partial charge in [-0.2, -0.15) is 0 Å². The second kappa shape index (κ2) is 5.13. The number of benzene rings is 1. The molecule has 6 nitrogen and oxygen atoms in total. The van der Waals surface area contributed by atoms with E-state index >= 15 is 0 Å². The van der Waals surface area contributed by atoms with E-state index in [0.717, 1.165) is 11.3 Å². The molecule has 0 aromatic heterocycles. The van der Waals surface area contributed by atoms with Gasteiger partial charge in [-0.25, -0.2) is 4.79 Å². The molecule has 2 aliphatic heterocycles. The number of carbonyl (C=O) groups is 2. The van der Waals surface area contributed by atoms with E-state index in [1.807, 2.05) is 24.3 Å². The standard InChI is InChI=1S/C14H15NO5/c16-13(15-5-6-19-12(7-15)14(17)18)10-8-20-11-4-2-1-3-9(10)11/h1-4,10,12H,5-8H2,(H,17,18)/t10-,12-/m0/s1. The number of rotatable bonds is 2. The van der Waals surface area contributed by atoms with Crippen molar-refractivity contribution in [1.82, 2.24) is 4.90 Å². The van der Waals surface area contributed by atoms with Gasteiger partial charge in [-0.1, -0.05) is 18.2 Å². The fraction of sp³-hybridized carbons (Fsp3) is 0.429. The van der Waals surface area contributed by atoms with Crippen LogP contribution in [0.4, 0.5) is 0 Å². The summed E-state index contributed by atoms with van der Waals surface area (Å²) in [5.41, 5.74) is 0.871. The maximum atomic E-state index is 12.5. The number of ether oxygens (including phenoxy) is 2. The fourth-order valence-corrected chi connectivity index (χ4v) is 2.59. The van der Waals surface area contributed by atoms with Gasteiger partial charge in [0.15, 0.2) is 6.10 Å². The predicted octanol–water partition coefficient (Wildman–Crippen LogP) is 0.475. The monoisotopic (exact) mass is 277 g/mol. The molecular formula is C14H15NO5. The second-order valence-electron chi connectivity index (χ2n) is 4.88. The Kier molecular flexibility index (Phi) is 3.31. The zero-order valence-electron chi connectivity index (χ0n) is 10.8. The molecule has 2 aliphatic rings. The molecule has 1 amide bonds. The highest BCUT2D eigenvalue weighted by molar-refractivity contribution is 5.86. The molecule has 1 aromatic carbocycles. The first kappa shape index (κ1) is 12.9. The number of carboxylic acids is 1. The van der Waals surface area contributed by atoms with Gasteiger partial charge in [-0.3, -0.25) is 4.79 Å². The molecule has 2 atom stereocenters. The maximum Gasteiger partial charge on any atom is 0.334 e. The molecule has 2 heterocycles. The van der Waals surface area contributed by atoms with E-state index in [9.17, 15) is 9.59 Å². The Bertz CT molecular complexity index is 544. The minimum absolute atomic E-state index is 0.0901. The molecule has 1 aromatic rings. The van der Waals surface area contributed by atoms with Crippen molar-refractivity contribution in [2.45, 2.75) is 12.0 Å². The Morgan fingerprint density at radius 2 is 2.10 bits per heavy atom. The average Bonchev–Trinajstić information content (AvgIpc) is 2.90. The number of hydrogen-bond acceptors (Lipinski definition) is 4. The highest BCUT2D eigenvalue weighted by atomic mass is 16.5. The highest BCUT2D eigenvalue weighted by Crippen LogP contribution is 2.34. The molecule has 0 saturated carbocycles. The minimum atomic E-state index is -1.04. The molecule has 3 rings (SSSR count). The number of amides is 1. The third kappa shape index (κ3) is 2.22. The van der Waals surface area contributed by atoms with Crippen LogP contribution >= 0.6 is 0 Å². The maximum absolute atomic E-state index is 12.5. The number of carboxylic acid groups (broad SMARTS) is 1. The zero-order valence-corrected chi connectivity index (χ0v) is 10.8. The molecule has 0 bridgehead atoms. The zero-order chi connectivity index (χ0) is 14.1. The summed E-state index contributed by atoms with van der Waals surface area (Å²) in [6.45, 7) is 1.07. The largest absolute Gasteiger partial charge is 0.492 e. The molecule has 1 saturated heterocycles. The average molecular weight is 277 g/mol. The van der Waals surface area contributed by atoms with Crippen molar-refractivity contribution in [3.8, 4) is 5.75 Å². The third-order valence-electron chi connectivity index (χ3n) is 3.65. The Hall–Kier alpha value is -2.08. The van der Waals surface area contributed by atoms with E-state index in [2.05, 4.69) is 0 Å². The van der Waals surface area contributed by atoms with Crippen molar-refractivity contribution in [3.63, 3.8) is 0 Å². The lowest BCUT2D eigenvalue weighted by molar-refractivity contribution is -0.159. The molecule has 6 heteroatoms. The van der Waals surface area contributed by atoms with E-state index < -0.39 is 12.1 Å². The van der Waals surface area contributed by atoms with Crippen molar-refractivity contribution in [1.29, 1.82) is 0 Å². The molecule has 0 unspecified atom stereocenters. The van der Waals surface area contributed by atoms with E-state index in [0.29, 0.717) is 13.2 Å². The fourth-order valence-electron chi connectivity index (χ4n) is 2.59. The van der Waals surface area contributed by atoms with Gasteiger partial charge in [-0.15, -0.1) is 0 Å². The molecule has 1 fully saturated rings. The van der Waals surface area contributed by atoms with E-state index in [4.69, 9.17) is 14.6 Å². The van der Waals surface area contributed by atoms with Crippen LogP contribution in [0.2, 0.25) is 0 Å². The molecular weight excluding hydrogens is 262 g/mol. The number of aliphatic carboxylic acids is 1. The van der Waals surface area contributed by atoms with Gasteiger partial charge in [0, 0.05) is 12.1 Å². The van der Waals surface area contributed by atoms with Crippen molar-refractivity contribution in [3.05, 3.63) is 29.8 Å². The lowest BCUT2D eigenvalue weighted by atomic mass is 9.99. The van der Waals surface area contributed by atoms with Crippen molar-refractivity contribution < 1.29 is 24.2 Å². The summed E-state index contributed by atoms with van der Waals surface area (Å²) in [4.78, 5) is 25.0. The van der Waals surface area contributed by atoms with Crippen LogP contribution in [0, 0.1) is 0 Å². The number of fused-ring (bicyclic) bond motifs is 1. The topological polar surface area (TPSA) is 76.1 Å². The summed E-state index contributed by atoms with van der Waals surface area (Å²) in [6, 6.07) is 7.44. The number of carbonyl (C=O) groups excluding carboxylic acids is 1. The van der Waals surface area contributed by atoms with Crippen LogP contribution in [-0.2, 0) is 14.3 Å². The van der Waals surface area contributed by atoms with E-state index in [1.54, 1.807) is 4.90 Å². The van der Waals surface area contributed by atoms with E-state index in [1.165, 1.54) is 0 Å². The normalized spacial score (nSPS) is 24.9. The summed E-state index contributed by atoms with van der Waals surface area (Å²) in [5, 5.41) is 8.97. The van der Waals surface area contributed by atoms with Crippen LogP contribution < -0.4 is 4.74 Å². The first-order valence-corrected chi connectivity index (χ1v) is 6.51. The van der Waals surface area contributed by atoms with Gasteiger partial charge in [0.1, 0.15) is 18.3 Å². The Labute approximate surface area is 115 Å². The minimum Gasteiger partial charge on any atom is -0.492 e. The Morgan fingerprint density at radius 1 is 1.30 bits per heavy atom. The lowest BCUT2D eigenvalue weighted by Gasteiger charge is -2.32. The molecule has 1 N–H and O–H groups in total.